The highest BCUT2D eigenvalue weighted by Crippen LogP contribution is 2.54. The zero-order valence-electron chi connectivity index (χ0n) is 29.0. The molecule has 1 heterocycles. The van der Waals surface area contributed by atoms with E-state index in [0.717, 1.165) is 64.9 Å². The Morgan fingerprint density at radius 1 is 1.02 bits per heavy atom. The molecule has 5 rings (SSSR count). The first-order valence-electron chi connectivity index (χ1n) is 17.2. The molecule has 1 amide bonds. The van der Waals surface area contributed by atoms with Crippen LogP contribution in [-0.4, -0.2) is 67.7 Å². The van der Waals surface area contributed by atoms with E-state index in [1.807, 2.05) is 26.0 Å². The fourth-order valence-electron chi connectivity index (χ4n) is 8.03. The van der Waals surface area contributed by atoms with E-state index >= 15 is 0 Å². The minimum absolute atomic E-state index is 0.140. The van der Waals surface area contributed by atoms with Gasteiger partial charge in [0.1, 0.15) is 17.8 Å². The molecular weight excluding hydrogens is 588 g/mol. The van der Waals surface area contributed by atoms with Gasteiger partial charge in [0.05, 0.1) is 25.4 Å². The van der Waals surface area contributed by atoms with Crippen LogP contribution in [0, 0.1) is 19.8 Å². The number of nitrogens with one attached hydrogen (secondary N) is 1. The molecule has 1 saturated heterocycles. The number of likely N-dealkylation sites (tertiary alicyclic amines) is 1. The second-order valence-corrected chi connectivity index (χ2v) is 13.7. The van der Waals surface area contributed by atoms with Crippen molar-refractivity contribution in [3.8, 4) is 22.6 Å². The Balaban J connectivity index is 1.37. The topological polar surface area (TPSA) is 88.1 Å². The first kappa shape index (κ1) is 34.6. The van der Waals surface area contributed by atoms with Gasteiger partial charge in [-0.1, -0.05) is 49.7 Å². The maximum atomic E-state index is 13.7. The van der Waals surface area contributed by atoms with Gasteiger partial charge in [-0.3, -0.25) is 9.69 Å². The lowest BCUT2D eigenvalue weighted by atomic mass is 9.56. The summed E-state index contributed by atoms with van der Waals surface area (Å²) in [6.45, 7) is 10.4. The van der Waals surface area contributed by atoms with Crippen molar-refractivity contribution >= 4 is 12.2 Å². The van der Waals surface area contributed by atoms with Crippen molar-refractivity contribution in [2.45, 2.75) is 89.7 Å². The first-order chi connectivity index (χ1) is 22.6. The van der Waals surface area contributed by atoms with Gasteiger partial charge >= 0.3 is 0 Å². The molecule has 47 heavy (non-hydrogen) atoms. The van der Waals surface area contributed by atoms with E-state index in [1.165, 1.54) is 12.8 Å². The molecular formula is C40H52N2O5. The quantitative estimate of drug-likeness (QED) is 0.188. The summed E-state index contributed by atoms with van der Waals surface area (Å²) in [4.78, 5) is 28.6. The molecule has 3 aromatic rings. The molecule has 7 heteroatoms. The monoisotopic (exact) mass is 640 g/mol. The third-order valence-corrected chi connectivity index (χ3v) is 10.8. The summed E-state index contributed by atoms with van der Waals surface area (Å²) in [5, 5.41) is 15.8. The Labute approximate surface area is 280 Å². The number of aldehydes is 1. The lowest BCUT2D eigenvalue weighted by Gasteiger charge is -2.58. The normalized spacial score (nSPS) is 22.9. The lowest BCUT2D eigenvalue weighted by Crippen LogP contribution is -2.68. The molecule has 0 bridgehead atoms. The molecule has 2 fully saturated rings. The summed E-state index contributed by atoms with van der Waals surface area (Å²) >= 11 is 0. The molecule has 0 spiro atoms. The molecule has 252 valence electrons. The summed E-state index contributed by atoms with van der Waals surface area (Å²) in [5.74, 6) is 1.80. The Morgan fingerprint density at radius 2 is 1.74 bits per heavy atom. The Hall–Kier alpha value is -3.68. The Kier molecular flexibility index (Phi) is 10.8. The number of aryl methyl sites for hydroxylation is 2. The van der Waals surface area contributed by atoms with E-state index in [-0.39, 0.29) is 18.4 Å². The number of nitrogens with zero attached hydrogens (tertiary/aromatic N) is 1. The maximum Gasteiger partial charge on any atom is 0.255 e. The van der Waals surface area contributed by atoms with Crippen LogP contribution in [0.15, 0.2) is 54.6 Å². The van der Waals surface area contributed by atoms with E-state index in [1.54, 1.807) is 20.3 Å². The number of hydrogen-bond acceptors (Lipinski definition) is 6. The van der Waals surface area contributed by atoms with E-state index < -0.39 is 11.0 Å². The van der Waals surface area contributed by atoms with Crippen LogP contribution in [0.3, 0.4) is 0 Å². The standard InChI is InChI=1S/C40H52N2O5/c1-7-19-40(45)29(4)42(26-31-9-10-31)23-20-39(40,21-24-43)36-27(2)8-16-34(37(36)47-6)38(44)41-22-18-30-11-13-32(14-12-30)33-15-17-35(46-5)28(3)25-33/h8,11-17,24-25,29,31,45H,7,9-10,18-23,26H2,1-6H3,(H,41,44). The van der Waals surface area contributed by atoms with Crippen molar-refractivity contribution in [3.63, 3.8) is 0 Å². The van der Waals surface area contributed by atoms with Crippen LogP contribution in [0.25, 0.3) is 11.1 Å². The number of methoxy groups -OCH3 is 2. The van der Waals surface area contributed by atoms with E-state index in [0.29, 0.717) is 43.0 Å². The van der Waals surface area contributed by atoms with E-state index in [4.69, 9.17) is 9.47 Å². The fourth-order valence-corrected chi connectivity index (χ4v) is 8.03. The zero-order chi connectivity index (χ0) is 33.8. The highest BCUT2D eigenvalue weighted by Gasteiger charge is 2.59. The predicted octanol–water partition coefficient (Wildman–Crippen LogP) is 6.82. The third-order valence-electron chi connectivity index (χ3n) is 10.8. The van der Waals surface area contributed by atoms with Gasteiger partial charge in [-0.15, -0.1) is 0 Å². The predicted molar refractivity (Wildman–Crippen MR) is 188 cm³/mol. The van der Waals surface area contributed by atoms with Crippen LogP contribution in [0.1, 0.15) is 85.0 Å². The van der Waals surface area contributed by atoms with Gasteiger partial charge in [0, 0.05) is 36.5 Å². The number of rotatable bonds is 14. The van der Waals surface area contributed by atoms with Crippen molar-refractivity contribution in [2.75, 3.05) is 33.9 Å². The van der Waals surface area contributed by atoms with Crippen molar-refractivity contribution < 1.29 is 24.2 Å². The highest BCUT2D eigenvalue weighted by molar-refractivity contribution is 5.97. The summed E-state index contributed by atoms with van der Waals surface area (Å²) in [6, 6.07) is 18.2. The van der Waals surface area contributed by atoms with Gasteiger partial charge in [0.2, 0.25) is 0 Å². The molecule has 3 aromatic carbocycles. The number of hydrogen-bond donors (Lipinski definition) is 2. The van der Waals surface area contributed by atoms with Gasteiger partial charge in [-0.25, -0.2) is 0 Å². The van der Waals surface area contributed by atoms with Crippen LogP contribution in [0.4, 0.5) is 0 Å². The molecule has 2 N–H and O–H groups in total. The summed E-state index contributed by atoms with van der Waals surface area (Å²) in [6.07, 6.45) is 6.22. The maximum absolute atomic E-state index is 13.7. The van der Waals surface area contributed by atoms with Gasteiger partial charge < -0.3 is 24.7 Å². The van der Waals surface area contributed by atoms with Crippen LogP contribution < -0.4 is 14.8 Å². The largest absolute Gasteiger partial charge is 0.496 e. The van der Waals surface area contributed by atoms with Crippen molar-refractivity contribution in [3.05, 3.63) is 82.4 Å². The smallest absolute Gasteiger partial charge is 0.255 e. The highest BCUT2D eigenvalue weighted by atomic mass is 16.5. The average molecular weight is 641 g/mol. The third kappa shape index (κ3) is 6.84. The number of ether oxygens (including phenoxy) is 2. The molecule has 7 nitrogen and oxygen atoms in total. The Bertz CT molecular complexity index is 1570. The van der Waals surface area contributed by atoms with Crippen LogP contribution >= 0.6 is 0 Å². The number of amides is 1. The minimum Gasteiger partial charge on any atom is -0.496 e. The van der Waals surface area contributed by atoms with Crippen LogP contribution in [0.2, 0.25) is 0 Å². The molecule has 0 radical (unpaired) electrons. The zero-order valence-corrected chi connectivity index (χ0v) is 29.0. The van der Waals surface area contributed by atoms with Crippen molar-refractivity contribution in [1.82, 2.24) is 10.2 Å². The molecule has 1 saturated carbocycles. The summed E-state index contributed by atoms with van der Waals surface area (Å²) < 4.78 is 11.4. The molecule has 0 aromatic heterocycles. The van der Waals surface area contributed by atoms with Gasteiger partial charge in [-0.2, -0.15) is 0 Å². The van der Waals surface area contributed by atoms with Gasteiger partial charge in [0.15, 0.2) is 0 Å². The van der Waals surface area contributed by atoms with Crippen LogP contribution in [0.5, 0.6) is 11.5 Å². The SMILES string of the molecule is CCCC1(O)C(C)N(CC2CC2)CCC1(CC=O)c1c(C)ccc(C(=O)NCCc2ccc(-c3ccc(OC)c(C)c3)cc2)c1OC. The number of piperidine rings is 1. The molecule has 2 aliphatic rings. The van der Waals surface area contributed by atoms with Gasteiger partial charge in [-0.05, 0) is 111 Å². The van der Waals surface area contributed by atoms with Crippen molar-refractivity contribution in [1.29, 1.82) is 0 Å². The number of carbonyl (C=O) groups is 2. The summed E-state index contributed by atoms with van der Waals surface area (Å²) in [5.41, 5.74) is 4.56. The lowest BCUT2D eigenvalue weighted by molar-refractivity contribution is -0.146. The average Bonchev–Trinajstić information content (AvgIpc) is 3.89. The second kappa shape index (κ2) is 14.6. The van der Waals surface area contributed by atoms with Crippen molar-refractivity contribution in [2.24, 2.45) is 5.92 Å². The van der Waals surface area contributed by atoms with E-state index in [2.05, 4.69) is 60.5 Å². The molecule has 3 atom stereocenters. The Morgan fingerprint density at radius 3 is 2.36 bits per heavy atom. The van der Waals surface area contributed by atoms with E-state index in [9.17, 15) is 14.7 Å². The minimum atomic E-state index is -1.17. The molecule has 1 aliphatic carbocycles. The van der Waals surface area contributed by atoms with Gasteiger partial charge in [0.25, 0.3) is 5.91 Å². The second-order valence-electron chi connectivity index (χ2n) is 13.7. The number of carbonyl (C=O) groups excluding carboxylic acids is 2. The van der Waals surface area contributed by atoms with Crippen LogP contribution in [-0.2, 0) is 16.6 Å². The molecule has 3 unspecified atom stereocenters. The summed E-state index contributed by atoms with van der Waals surface area (Å²) in [7, 11) is 3.26. The number of aliphatic hydroxyl groups is 1. The fraction of sp³-hybridized carbons (Fsp3) is 0.500. The molecule has 1 aliphatic heterocycles. The first-order valence-corrected chi connectivity index (χ1v) is 17.2. The number of benzene rings is 3.